The predicted molar refractivity (Wildman–Crippen MR) is 111 cm³/mol. The third-order valence-electron chi connectivity index (χ3n) is 7.41. The summed E-state index contributed by atoms with van der Waals surface area (Å²) in [6.07, 6.45) is 7.76. The number of nitrogens with zero attached hydrogens (tertiary/aromatic N) is 3. The molecule has 4 heterocycles. The Morgan fingerprint density at radius 2 is 2.00 bits per heavy atom. The molecule has 5 heteroatoms. The first-order chi connectivity index (χ1) is 14.1. The molecule has 2 bridgehead atoms. The van der Waals surface area contributed by atoms with Crippen molar-refractivity contribution >= 4 is 5.91 Å². The van der Waals surface area contributed by atoms with E-state index in [9.17, 15) is 9.18 Å². The van der Waals surface area contributed by atoms with Gasteiger partial charge in [-0.05, 0) is 73.9 Å². The highest BCUT2D eigenvalue weighted by molar-refractivity contribution is 5.92. The zero-order valence-corrected chi connectivity index (χ0v) is 17.1. The van der Waals surface area contributed by atoms with E-state index in [1.54, 1.807) is 6.07 Å². The third kappa shape index (κ3) is 3.50. The second-order valence-electron chi connectivity index (χ2n) is 9.17. The number of hydrogen-bond donors (Lipinski definition) is 0. The Kier molecular flexibility index (Phi) is 4.94. The summed E-state index contributed by atoms with van der Waals surface area (Å²) < 4.78 is 15.7. The number of benzene rings is 1. The molecule has 1 amide bonds. The number of hydrogen-bond acceptors (Lipinski definition) is 2. The lowest BCUT2D eigenvalue weighted by Gasteiger charge is -2.57. The van der Waals surface area contributed by atoms with Gasteiger partial charge in [0.25, 0.3) is 5.91 Å². The van der Waals surface area contributed by atoms with Crippen LogP contribution in [0, 0.1) is 17.7 Å². The largest absolute Gasteiger partial charge is 0.347 e. The van der Waals surface area contributed by atoms with Crippen LogP contribution in [0.4, 0.5) is 4.39 Å². The first kappa shape index (κ1) is 18.9. The Hall–Kier alpha value is -2.14. The van der Waals surface area contributed by atoms with Crippen molar-refractivity contribution in [2.24, 2.45) is 18.9 Å². The first-order valence-electron chi connectivity index (χ1n) is 11.0. The molecule has 0 aliphatic carbocycles. The summed E-state index contributed by atoms with van der Waals surface area (Å²) in [6.45, 7) is 2.82. The smallest absolute Gasteiger partial charge is 0.270 e. The van der Waals surface area contributed by atoms with Crippen LogP contribution >= 0.6 is 0 Å². The molecule has 1 aromatic carbocycles. The van der Waals surface area contributed by atoms with Gasteiger partial charge in [0.05, 0.1) is 0 Å². The van der Waals surface area contributed by atoms with E-state index in [1.165, 1.54) is 31.7 Å². The number of carbonyl (C=O) groups is 1. The van der Waals surface area contributed by atoms with Gasteiger partial charge in [0.15, 0.2) is 0 Å². The fraction of sp³-hybridized carbons (Fsp3) is 0.542. The summed E-state index contributed by atoms with van der Waals surface area (Å²) in [6, 6.07) is 11.9. The summed E-state index contributed by atoms with van der Waals surface area (Å²) in [5.41, 5.74) is 1.84. The van der Waals surface area contributed by atoms with Crippen molar-refractivity contribution in [1.82, 2.24) is 14.4 Å². The Bertz CT molecular complexity index is 894. The second-order valence-corrected chi connectivity index (χ2v) is 9.17. The van der Waals surface area contributed by atoms with E-state index in [0.29, 0.717) is 23.9 Å². The number of likely N-dealkylation sites (tertiary alicyclic amines) is 1. The van der Waals surface area contributed by atoms with Gasteiger partial charge in [-0.1, -0.05) is 18.6 Å². The summed E-state index contributed by atoms with van der Waals surface area (Å²) in [5, 5.41) is 0. The first-order valence-corrected chi connectivity index (χ1v) is 11.0. The van der Waals surface area contributed by atoms with Crippen molar-refractivity contribution in [2.75, 3.05) is 19.6 Å². The molecule has 3 saturated heterocycles. The standard InChI is InChI=1S/C24H30FN3O/c1-26-10-5-9-22(26)24(29)27-15-18-14-19(16-27)23(28-11-3-2-8-21(18)28)13-17-6-4-7-20(25)12-17/h4-7,9-10,12,18-19,21,23H,2-3,8,11,13-16H2,1H3/t18-,19+,21+,23+/m1/s1. The van der Waals surface area contributed by atoms with Gasteiger partial charge in [0.1, 0.15) is 11.5 Å². The maximum Gasteiger partial charge on any atom is 0.270 e. The molecule has 3 aliphatic rings. The molecule has 1 aromatic heterocycles. The zero-order valence-electron chi connectivity index (χ0n) is 17.1. The van der Waals surface area contributed by atoms with Crippen LogP contribution in [-0.2, 0) is 13.5 Å². The third-order valence-corrected chi connectivity index (χ3v) is 7.41. The number of amides is 1. The SMILES string of the molecule is Cn1cccc1C(=O)N1C[C@H]2C[C@@H](C1)[C@H](Cc1cccc(F)c1)N1CCCC[C@@H]21. The van der Waals surface area contributed by atoms with Crippen LogP contribution in [-0.4, -0.2) is 52.0 Å². The molecule has 0 saturated carbocycles. The van der Waals surface area contributed by atoms with Gasteiger partial charge >= 0.3 is 0 Å². The quantitative estimate of drug-likeness (QED) is 0.792. The highest BCUT2D eigenvalue weighted by Crippen LogP contribution is 2.42. The van der Waals surface area contributed by atoms with E-state index in [1.807, 2.05) is 42.1 Å². The van der Waals surface area contributed by atoms with E-state index in [4.69, 9.17) is 0 Å². The van der Waals surface area contributed by atoms with Gasteiger partial charge in [0.2, 0.25) is 0 Å². The van der Waals surface area contributed by atoms with Crippen LogP contribution < -0.4 is 0 Å². The lowest BCUT2D eigenvalue weighted by atomic mass is 9.71. The molecule has 0 radical (unpaired) electrons. The van der Waals surface area contributed by atoms with Gasteiger partial charge in [-0.3, -0.25) is 9.69 Å². The van der Waals surface area contributed by atoms with Crippen molar-refractivity contribution in [3.05, 3.63) is 59.7 Å². The fourth-order valence-electron chi connectivity index (χ4n) is 6.11. The number of fused-ring (bicyclic) bond motifs is 4. The topological polar surface area (TPSA) is 28.5 Å². The van der Waals surface area contributed by atoms with Gasteiger partial charge in [-0.15, -0.1) is 0 Å². The molecule has 29 heavy (non-hydrogen) atoms. The normalized spacial score (nSPS) is 29.5. The highest BCUT2D eigenvalue weighted by atomic mass is 19.1. The average Bonchev–Trinajstić information content (AvgIpc) is 3.16. The van der Waals surface area contributed by atoms with Crippen LogP contribution in [0.3, 0.4) is 0 Å². The van der Waals surface area contributed by atoms with E-state index in [-0.39, 0.29) is 11.7 Å². The Balaban J connectivity index is 1.42. The zero-order chi connectivity index (χ0) is 20.0. The van der Waals surface area contributed by atoms with Gasteiger partial charge < -0.3 is 9.47 Å². The monoisotopic (exact) mass is 395 g/mol. The number of rotatable bonds is 3. The summed E-state index contributed by atoms with van der Waals surface area (Å²) in [5.74, 6) is 1.01. The number of carbonyl (C=O) groups excluding carboxylic acids is 1. The van der Waals surface area contributed by atoms with Gasteiger partial charge in [0, 0.05) is 38.4 Å². The lowest BCUT2D eigenvalue weighted by molar-refractivity contribution is -0.0643. The molecular weight excluding hydrogens is 365 g/mol. The van der Waals surface area contributed by atoms with Gasteiger partial charge in [-0.2, -0.15) is 0 Å². The van der Waals surface area contributed by atoms with Crippen molar-refractivity contribution in [3.8, 4) is 0 Å². The molecule has 2 aromatic rings. The van der Waals surface area contributed by atoms with Crippen molar-refractivity contribution < 1.29 is 9.18 Å². The highest BCUT2D eigenvalue weighted by Gasteiger charge is 2.47. The summed E-state index contributed by atoms with van der Waals surface area (Å²) >= 11 is 0. The van der Waals surface area contributed by atoms with Crippen LogP contribution in [0.25, 0.3) is 0 Å². The number of halogens is 1. The van der Waals surface area contributed by atoms with E-state index >= 15 is 0 Å². The lowest BCUT2D eigenvalue weighted by Crippen LogP contribution is -2.64. The van der Waals surface area contributed by atoms with Crippen molar-refractivity contribution in [1.29, 1.82) is 0 Å². The minimum absolute atomic E-state index is 0.154. The van der Waals surface area contributed by atoms with Crippen LogP contribution in [0.1, 0.15) is 41.7 Å². The maximum absolute atomic E-state index is 13.8. The molecular formula is C24H30FN3O. The molecule has 154 valence electrons. The molecule has 3 aliphatic heterocycles. The molecule has 4 atom stereocenters. The molecule has 0 unspecified atom stereocenters. The van der Waals surface area contributed by atoms with Crippen LogP contribution in [0.5, 0.6) is 0 Å². The molecule has 0 spiro atoms. The Morgan fingerprint density at radius 1 is 1.14 bits per heavy atom. The van der Waals surface area contributed by atoms with Crippen molar-refractivity contribution in [3.63, 3.8) is 0 Å². The maximum atomic E-state index is 13.8. The Morgan fingerprint density at radius 3 is 2.79 bits per heavy atom. The minimum atomic E-state index is -0.157. The second kappa shape index (κ2) is 7.60. The molecule has 4 nitrogen and oxygen atoms in total. The summed E-state index contributed by atoms with van der Waals surface area (Å²) in [7, 11) is 1.94. The number of piperidine rings is 3. The number of aromatic nitrogens is 1. The van der Waals surface area contributed by atoms with Crippen molar-refractivity contribution in [2.45, 2.75) is 44.2 Å². The van der Waals surface area contributed by atoms with Crippen LogP contribution in [0.2, 0.25) is 0 Å². The average molecular weight is 396 g/mol. The van der Waals surface area contributed by atoms with Gasteiger partial charge in [-0.25, -0.2) is 4.39 Å². The molecule has 3 fully saturated rings. The predicted octanol–water partition coefficient (Wildman–Crippen LogP) is 3.72. The van der Waals surface area contributed by atoms with E-state index in [0.717, 1.165) is 37.3 Å². The number of aryl methyl sites for hydroxylation is 1. The van der Waals surface area contributed by atoms with E-state index in [2.05, 4.69) is 9.80 Å². The van der Waals surface area contributed by atoms with E-state index < -0.39 is 0 Å². The Labute approximate surface area is 172 Å². The van der Waals surface area contributed by atoms with Crippen LogP contribution in [0.15, 0.2) is 42.6 Å². The molecule has 0 N–H and O–H groups in total. The fourth-order valence-corrected chi connectivity index (χ4v) is 6.11. The summed E-state index contributed by atoms with van der Waals surface area (Å²) in [4.78, 5) is 18.0. The molecule has 5 rings (SSSR count). The minimum Gasteiger partial charge on any atom is -0.347 e.